The molecule has 0 bridgehead atoms. The Hall–Kier alpha value is -2.42. The summed E-state index contributed by atoms with van der Waals surface area (Å²) < 4.78 is 10.5. The van der Waals surface area contributed by atoms with E-state index < -0.39 is 11.6 Å². The van der Waals surface area contributed by atoms with E-state index in [4.69, 9.17) is 15.2 Å². The minimum atomic E-state index is -0.801. The summed E-state index contributed by atoms with van der Waals surface area (Å²) in [6.07, 6.45) is 4.01. The number of amides is 1. The van der Waals surface area contributed by atoms with Gasteiger partial charge in [-0.3, -0.25) is 10.1 Å². The third-order valence-electron chi connectivity index (χ3n) is 5.64. The first kappa shape index (κ1) is 27.6. The molecule has 0 radical (unpaired) electrons. The maximum Gasteiger partial charge on any atom is 0.237 e. The van der Waals surface area contributed by atoms with Crippen molar-refractivity contribution >= 4 is 11.8 Å². The highest BCUT2D eigenvalue weighted by molar-refractivity contribution is 5.85. The molecule has 180 valence electrons. The smallest absolute Gasteiger partial charge is 0.237 e. The number of aliphatic hydroxyl groups excluding tert-OH is 1. The molecule has 8 heteroatoms. The highest BCUT2D eigenvalue weighted by atomic mass is 16.5. The number of hydrogen-bond donors (Lipinski definition) is 3. The van der Waals surface area contributed by atoms with Crippen LogP contribution in [-0.4, -0.2) is 73.3 Å². The van der Waals surface area contributed by atoms with Crippen LogP contribution < -0.4 is 11.1 Å². The molecule has 0 aromatic heterocycles. The average Bonchev–Trinajstić information content (AvgIpc) is 2.73. The van der Waals surface area contributed by atoms with Gasteiger partial charge in [-0.2, -0.15) is 0 Å². The number of allylic oxidation sites excluding steroid dienone is 2. The summed E-state index contributed by atoms with van der Waals surface area (Å²) in [5.41, 5.74) is 6.91. The van der Waals surface area contributed by atoms with Gasteiger partial charge < -0.3 is 25.2 Å². The zero-order chi connectivity index (χ0) is 24.3. The topological polar surface area (TPSA) is 109 Å². The Morgan fingerprint density at radius 2 is 1.97 bits per heavy atom. The molecule has 1 saturated heterocycles. The van der Waals surface area contributed by atoms with Crippen molar-refractivity contribution in [3.8, 4) is 0 Å². The van der Waals surface area contributed by atoms with E-state index in [2.05, 4.69) is 28.4 Å². The number of carbonyl (C=O) groups excluding carboxylic acids is 1. The summed E-state index contributed by atoms with van der Waals surface area (Å²) in [5, 5.41) is 14.1. The fourth-order valence-electron chi connectivity index (χ4n) is 3.71. The van der Waals surface area contributed by atoms with Gasteiger partial charge >= 0.3 is 0 Å². The van der Waals surface area contributed by atoms with Crippen LogP contribution in [0.4, 0.5) is 0 Å². The van der Waals surface area contributed by atoms with Gasteiger partial charge in [0.05, 0.1) is 31.3 Å². The Bertz CT molecular complexity index is 762. The number of hydrogen-bond acceptors (Lipinski definition) is 7. The standard InChI is InChI=1S/C24H40N4O4/c1-8-21(19(5)27-20(6)31-7)22(29)16-28-12-10-24(11-13-28,23(25)30)26-15-17(3)14-18(4)32-9-2/h8,14,22,26,29H,3,5,9-13,15-16H2,1-2,4,6-7H3,(H2,25,30)/b18-14+,21-8+,27-20?. The van der Waals surface area contributed by atoms with Crippen LogP contribution in [0.3, 0.4) is 0 Å². The number of β-amino-alcohol motifs (C(OH)–C–C–N with tert-alkyl or cyclic N) is 1. The van der Waals surface area contributed by atoms with E-state index in [1.807, 2.05) is 32.9 Å². The average molecular weight is 449 g/mol. The molecule has 0 aromatic rings. The fourth-order valence-corrected chi connectivity index (χ4v) is 3.71. The second-order valence-corrected chi connectivity index (χ2v) is 7.99. The minimum absolute atomic E-state index is 0.372. The number of aliphatic imine (C=N–C) groups is 1. The summed E-state index contributed by atoms with van der Waals surface area (Å²) in [6, 6.07) is 0. The van der Waals surface area contributed by atoms with E-state index in [-0.39, 0.29) is 5.91 Å². The Balaban J connectivity index is 2.71. The second-order valence-electron chi connectivity index (χ2n) is 7.99. The number of ether oxygens (including phenoxy) is 2. The molecule has 0 aromatic carbocycles. The van der Waals surface area contributed by atoms with E-state index >= 15 is 0 Å². The van der Waals surface area contributed by atoms with Gasteiger partial charge in [-0.25, -0.2) is 4.99 Å². The van der Waals surface area contributed by atoms with E-state index in [0.29, 0.717) is 62.8 Å². The van der Waals surface area contributed by atoms with Gasteiger partial charge in [-0.15, -0.1) is 0 Å². The van der Waals surface area contributed by atoms with Gasteiger partial charge in [-0.1, -0.05) is 19.2 Å². The summed E-state index contributed by atoms with van der Waals surface area (Å²) >= 11 is 0. The third kappa shape index (κ3) is 8.26. The number of nitrogens with zero attached hydrogens (tertiary/aromatic N) is 2. The van der Waals surface area contributed by atoms with E-state index in [1.54, 1.807) is 6.92 Å². The SMILES string of the molecule is C=C(/C=C(\C)OCC)CNC1(C(N)=O)CCN(CC(O)/C(=C/C)C(=C)N=C(C)OC)CC1. The lowest BCUT2D eigenvalue weighted by Gasteiger charge is -2.41. The van der Waals surface area contributed by atoms with Crippen LogP contribution in [-0.2, 0) is 14.3 Å². The van der Waals surface area contributed by atoms with Crippen molar-refractivity contribution in [2.45, 2.75) is 52.2 Å². The first-order valence-electron chi connectivity index (χ1n) is 11.0. The number of methoxy groups -OCH3 is 1. The van der Waals surface area contributed by atoms with Crippen LogP contribution in [0.5, 0.6) is 0 Å². The normalized spacial score (nSPS) is 18.8. The van der Waals surface area contributed by atoms with Crippen molar-refractivity contribution in [3.05, 3.63) is 47.9 Å². The van der Waals surface area contributed by atoms with Crippen molar-refractivity contribution in [2.75, 3.05) is 39.9 Å². The molecular formula is C24H40N4O4. The molecule has 4 N–H and O–H groups in total. The Kier molecular flexibility index (Phi) is 11.4. The predicted molar refractivity (Wildman–Crippen MR) is 129 cm³/mol. The number of nitrogens with one attached hydrogen (secondary N) is 1. The fraction of sp³-hybridized carbons (Fsp3) is 0.583. The molecule has 1 atom stereocenters. The number of aliphatic hydroxyl groups is 1. The zero-order valence-corrected chi connectivity index (χ0v) is 20.2. The molecule has 1 unspecified atom stereocenters. The van der Waals surface area contributed by atoms with E-state index in [1.165, 1.54) is 7.11 Å². The van der Waals surface area contributed by atoms with Crippen LogP contribution in [0.1, 0.15) is 40.5 Å². The molecule has 32 heavy (non-hydrogen) atoms. The third-order valence-corrected chi connectivity index (χ3v) is 5.64. The minimum Gasteiger partial charge on any atom is -0.499 e. The zero-order valence-electron chi connectivity index (χ0n) is 20.2. The van der Waals surface area contributed by atoms with Crippen molar-refractivity contribution in [2.24, 2.45) is 10.7 Å². The summed E-state index contributed by atoms with van der Waals surface area (Å²) in [6.45, 7) is 18.0. The Morgan fingerprint density at radius 1 is 1.34 bits per heavy atom. The maximum atomic E-state index is 12.3. The number of piperidine rings is 1. The molecule has 1 heterocycles. The number of nitrogens with two attached hydrogens (primary N) is 1. The molecule has 1 amide bonds. The highest BCUT2D eigenvalue weighted by Gasteiger charge is 2.39. The molecule has 8 nitrogen and oxygen atoms in total. The molecule has 0 aliphatic carbocycles. The number of primary amides is 1. The van der Waals surface area contributed by atoms with E-state index in [9.17, 15) is 9.90 Å². The maximum absolute atomic E-state index is 12.3. The Labute approximate surface area is 192 Å². The number of likely N-dealkylation sites (tertiary alicyclic amines) is 1. The van der Waals surface area contributed by atoms with Gasteiger partial charge in [0, 0.05) is 38.7 Å². The lowest BCUT2D eigenvalue weighted by molar-refractivity contribution is -0.126. The number of rotatable bonds is 12. The number of carbonyl (C=O) groups is 1. The largest absolute Gasteiger partial charge is 0.499 e. The summed E-state index contributed by atoms with van der Waals surface area (Å²) in [4.78, 5) is 18.7. The van der Waals surface area contributed by atoms with Crippen LogP contribution in [0.15, 0.2) is 52.9 Å². The van der Waals surface area contributed by atoms with Crippen LogP contribution in [0.25, 0.3) is 0 Å². The molecule has 1 fully saturated rings. The lowest BCUT2D eigenvalue weighted by atomic mass is 9.86. The summed E-state index contributed by atoms with van der Waals surface area (Å²) in [7, 11) is 1.54. The molecule has 1 rings (SSSR count). The van der Waals surface area contributed by atoms with Crippen molar-refractivity contribution in [3.63, 3.8) is 0 Å². The quantitative estimate of drug-likeness (QED) is 0.183. The first-order valence-corrected chi connectivity index (χ1v) is 11.0. The van der Waals surface area contributed by atoms with Gasteiger partial charge in [0.25, 0.3) is 0 Å². The Morgan fingerprint density at radius 3 is 2.47 bits per heavy atom. The summed E-state index contributed by atoms with van der Waals surface area (Å²) in [5.74, 6) is 0.884. The van der Waals surface area contributed by atoms with E-state index in [0.717, 1.165) is 11.3 Å². The van der Waals surface area contributed by atoms with Crippen LogP contribution in [0.2, 0.25) is 0 Å². The van der Waals surface area contributed by atoms with Gasteiger partial charge in [0.1, 0.15) is 5.54 Å². The van der Waals surface area contributed by atoms with Gasteiger partial charge in [0.2, 0.25) is 5.91 Å². The lowest BCUT2D eigenvalue weighted by Crippen LogP contribution is -2.61. The van der Waals surface area contributed by atoms with Crippen LogP contribution >= 0.6 is 0 Å². The molecule has 0 spiro atoms. The molecule has 1 aliphatic heterocycles. The van der Waals surface area contributed by atoms with Gasteiger partial charge in [-0.05, 0) is 45.3 Å². The second kappa shape index (κ2) is 13.2. The van der Waals surface area contributed by atoms with Crippen LogP contribution in [0, 0.1) is 0 Å². The highest BCUT2D eigenvalue weighted by Crippen LogP contribution is 2.24. The van der Waals surface area contributed by atoms with Gasteiger partial charge in [0.15, 0.2) is 5.90 Å². The van der Waals surface area contributed by atoms with Crippen molar-refractivity contribution in [1.82, 2.24) is 10.2 Å². The molecular weight excluding hydrogens is 408 g/mol. The molecule has 0 saturated carbocycles. The molecule has 1 aliphatic rings. The first-order chi connectivity index (χ1) is 15.1. The van der Waals surface area contributed by atoms with Crippen molar-refractivity contribution in [1.29, 1.82) is 0 Å². The predicted octanol–water partition coefficient (Wildman–Crippen LogP) is 2.28. The monoisotopic (exact) mass is 448 g/mol. The van der Waals surface area contributed by atoms with Crippen molar-refractivity contribution < 1.29 is 19.4 Å².